The maximum absolute atomic E-state index is 12.7. The van der Waals surface area contributed by atoms with E-state index < -0.39 is 0 Å². The average molecular weight is 409 g/mol. The van der Waals surface area contributed by atoms with E-state index >= 15 is 0 Å². The molecule has 0 unspecified atom stereocenters. The van der Waals surface area contributed by atoms with Gasteiger partial charge in [0, 0.05) is 35.6 Å². The van der Waals surface area contributed by atoms with Crippen molar-refractivity contribution in [3.05, 3.63) is 86.8 Å². The number of aryl methyl sites for hydroxylation is 1. The Morgan fingerprint density at radius 1 is 1.14 bits per heavy atom. The summed E-state index contributed by atoms with van der Waals surface area (Å²) in [6.07, 6.45) is 0.872. The Balaban J connectivity index is 1.60. The highest BCUT2D eigenvalue weighted by Crippen LogP contribution is 2.23. The number of halogens is 1. The van der Waals surface area contributed by atoms with Crippen molar-refractivity contribution in [3.63, 3.8) is 0 Å². The van der Waals surface area contributed by atoms with Crippen molar-refractivity contribution >= 4 is 29.1 Å². The molecule has 29 heavy (non-hydrogen) atoms. The summed E-state index contributed by atoms with van der Waals surface area (Å²) in [5, 5.41) is 3.39. The van der Waals surface area contributed by atoms with E-state index in [1.807, 2.05) is 12.1 Å². The molecule has 1 aliphatic rings. The Morgan fingerprint density at radius 3 is 2.62 bits per heavy atom. The number of anilines is 2. The topological polar surface area (TPSA) is 67.2 Å². The number of benzene rings is 2. The quantitative estimate of drug-likeness (QED) is 0.718. The fourth-order valence-corrected chi connectivity index (χ4v) is 3.67. The summed E-state index contributed by atoms with van der Waals surface area (Å²) in [6.45, 7) is 3.08. The summed E-state index contributed by atoms with van der Waals surface area (Å²) < 4.78 is 1.44. The van der Waals surface area contributed by atoms with E-state index in [4.69, 9.17) is 11.6 Å². The predicted molar refractivity (Wildman–Crippen MR) is 115 cm³/mol. The van der Waals surface area contributed by atoms with Crippen LogP contribution in [0.1, 0.15) is 16.8 Å². The number of nitrogens with zero attached hydrogens (tertiary/aromatic N) is 3. The van der Waals surface area contributed by atoms with E-state index in [0.29, 0.717) is 28.9 Å². The molecule has 4 rings (SSSR count). The van der Waals surface area contributed by atoms with Crippen LogP contribution in [0.3, 0.4) is 0 Å². The molecule has 0 spiro atoms. The Hall–Kier alpha value is -3.12. The largest absolute Gasteiger partial charge is 0.337 e. The molecule has 0 atom stereocenters. The molecule has 7 heteroatoms. The van der Waals surface area contributed by atoms with Crippen molar-refractivity contribution in [2.75, 3.05) is 16.8 Å². The second-order valence-corrected chi connectivity index (χ2v) is 7.55. The molecule has 1 aliphatic heterocycles. The van der Waals surface area contributed by atoms with Crippen molar-refractivity contribution in [1.29, 1.82) is 0 Å². The minimum atomic E-state index is -0.293. The molecule has 0 saturated carbocycles. The average Bonchev–Trinajstić information content (AvgIpc) is 2.71. The Labute approximate surface area is 173 Å². The highest BCUT2D eigenvalue weighted by atomic mass is 35.5. The lowest BCUT2D eigenvalue weighted by molar-refractivity contribution is -0.116. The van der Waals surface area contributed by atoms with Gasteiger partial charge in [-0.1, -0.05) is 35.9 Å². The van der Waals surface area contributed by atoms with Crippen molar-refractivity contribution < 1.29 is 4.79 Å². The smallest absolute Gasteiger partial charge is 0.255 e. The fraction of sp³-hybridized carbons (Fsp3) is 0.227. The van der Waals surface area contributed by atoms with Gasteiger partial charge in [0.1, 0.15) is 6.54 Å². The second-order valence-electron chi connectivity index (χ2n) is 7.12. The number of carbonyl (C=O) groups excluding carboxylic acids is 1. The number of amides is 1. The molecular formula is C22H21ClN4O2. The molecule has 2 aromatic carbocycles. The first-order chi connectivity index (χ1) is 14.0. The van der Waals surface area contributed by atoms with Crippen LogP contribution in [-0.2, 0) is 24.3 Å². The SMILES string of the molecule is Cc1cc(=O)n(CC(=O)Nc2ccc(Cl)cc2)c(N2CCc3ccccc3C2)n1. The highest BCUT2D eigenvalue weighted by molar-refractivity contribution is 6.30. The molecule has 1 aromatic heterocycles. The molecule has 0 fully saturated rings. The number of fused-ring (bicyclic) bond motifs is 1. The van der Waals surface area contributed by atoms with E-state index in [1.54, 1.807) is 31.2 Å². The van der Waals surface area contributed by atoms with Gasteiger partial charge in [0.2, 0.25) is 11.9 Å². The van der Waals surface area contributed by atoms with Gasteiger partial charge in [-0.05, 0) is 48.7 Å². The van der Waals surface area contributed by atoms with Crippen LogP contribution in [0.15, 0.2) is 59.4 Å². The zero-order chi connectivity index (χ0) is 20.4. The lowest BCUT2D eigenvalue weighted by Crippen LogP contribution is -2.38. The standard InChI is InChI=1S/C22H21ClN4O2/c1-15-12-21(29)27(14-20(28)25-19-8-6-18(23)7-9-19)22(24-15)26-11-10-16-4-2-3-5-17(16)13-26/h2-9,12H,10-11,13-14H2,1H3,(H,25,28). The molecule has 3 aromatic rings. The van der Waals surface area contributed by atoms with Gasteiger partial charge in [0.15, 0.2) is 0 Å². The molecule has 0 bridgehead atoms. The zero-order valence-electron chi connectivity index (χ0n) is 16.1. The van der Waals surface area contributed by atoms with Gasteiger partial charge in [-0.3, -0.25) is 14.2 Å². The van der Waals surface area contributed by atoms with Gasteiger partial charge in [0.25, 0.3) is 5.56 Å². The molecule has 1 amide bonds. The number of hydrogen-bond donors (Lipinski definition) is 1. The van der Waals surface area contributed by atoms with Gasteiger partial charge < -0.3 is 10.2 Å². The third-order valence-corrected chi connectivity index (χ3v) is 5.21. The summed E-state index contributed by atoms with van der Waals surface area (Å²) in [5.74, 6) is 0.231. The van der Waals surface area contributed by atoms with E-state index in [0.717, 1.165) is 13.0 Å². The van der Waals surface area contributed by atoms with E-state index in [9.17, 15) is 9.59 Å². The predicted octanol–water partition coefficient (Wildman–Crippen LogP) is 3.41. The van der Waals surface area contributed by atoms with Gasteiger partial charge in [-0.15, -0.1) is 0 Å². The lowest BCUT2D eigenvalue weighted by atomic mass is 10.0. The van der Waals surface area contributed by atoms with Crippen molar-refractivity contribution in [2.24, 2.45) is 0 Å². The molecule has 6 nitrogen and oxygen atoms in total. The number of carbonyl (C=O) groups is 1. The van der Waals surface area contributed by atoms with Crippen LogP contribution < -0.4 is 15.8 Å². The van der Waals surface area contributed by atoms with Crippen LogP contribution in [0.4, 0.5) is 11.6 Å². The minimum absolute atomic E-state index is 0.109. The summed E-state index contributed by atoms with van der Waals surface area (Å²) in [7, 11) is 0. The van der Waals surface area contributed by atoms with Crippen LogP contribution in [0.5, 0.6) is 0 Å². The minimum Gasteiger partial charge on any atom is -0.337 e. The van der Waals surface area contributed by atoms with Crippen LogP contribution in [0.25, 0.3) is 0 Å². The van der Waals surface area contributed by atoms with Crippen molar-refractivity contribution in [1.82, 2.24) is 9.55 Å². The van der Waals surface area contributed by atoms with Crippen molar-refractivity contribution in [2.45, 2.75) is 26.4 Å². The number of aromatic nitrogens is 2. The second kappa shape index (κ2) is 8.09. The van der Waals surface area contributed by atoms with Crippen LogP contribution in [0, 0.1) is 6.92 Å². The van der Waals surface area contributed by atoms with Gasteiger partial charge in [-0.2, -0.15) is 0 Å². The number of nitrogens with one attached hydrogen (secondary N) is 1. The fourth-order valence-electron chi connectivity index (χ4n) is 3.54. The zero-order valence-corrected chi connectivity index (χ0v) is 16.8. The van der Waals surface area contributed by atoms with E-state index in [1.165, 1.54) is 21.8 Å². The first-order valence-electron chi connectivity index (χ1n) is 9.45. The third kappa shape index (κ3) is 4.32. The lowest BCUT2D eigenvalue weighted by Gasteiger charge is -2.31. The monoisotopic (exact) mass is 408 g/mol. The summed E-state index contributed by atoms with van der Waals surface area (Å²) in [4.78, 5) is 31.9. The molecule has 0 aliphatic carbocycles. The van der Waals surface area contributed by atoms with Gasteiger partial charge >= 0.3 is 0 Å². The van der Waals surface area contributed by atoms with Crippen molar-refractivity contribution in [3.8, 4) is 0 Å². The third-order valence-electron chi connectivity index (χ3n) is 4.96. The Bertz CT molecular complexity index is 1110. The molecule has 0 saturated heterocycles. The maximum atomic E-state index is 12.7. The first kappa shape index (κ1) is 19.2. The number of hydrogen-bond acceptors (Lipinski definition) is 4. The summed E-state index contributed by atoms with van der Waals surface area (Å²) in [5.41, 5.74) is 3.55. The first-order valence-corrected chi connectivity index (χ1v) is 9.83. The summed E-state index contributed by atoms with van der Waals surface area (Å²) >= 11 is 5.88. The maximum Gasteiger partial charge on any atom is 0.255 e. The number of rotatable bonds is 4. The van der Waals surface area contributed by atoms with E-state index in [-0.39, 0.29) is 18.0 Å². The highest BCUT2D eigenvalue weighted by Gasteiger charge is 2.22. The van der Waals surface area contributed by atoms with Crippen LogP contribution in [0.2, 0.25) is 5.02 Å². The Kier molecular flexibility index (Phi) is 5.36. The molecule has 148 valence electrons. The van der Waals surface area contributed by atoms with Crippen LogP contribution >= 0.6 is 11.6 Å². The van der Waals surface area contributed by atoms with Crippen LogP contribution in [-0.4, -0.2) is 22.0 Å². The molecule has 1 N–H and O–H groups in total. The van der Waals surface area contributed by atoms with Gasteiger partial charge in [0.05, 0.1) is 0 Å². The molecule has 2 heterocycles. The summed E-state index contributed by atoms with van der Waals surface area (Å²) in [6, 6.07) is 16.6. The Morgan fingerprint density at radius 2 is 1.86 bits per heavy atom. The van der Waals surface area contributed by atoms with E-state index in [2.05, 4.69) is 27.3 Å². The van der Waals surface area contributed by atoms with Gasteiger partial charge in [-0.25, -0.2) is 4.98 Å². The molecular weight excluding hydrogens is 388 g/mol. The normalized spacial score (nSPS) is 13.1. The molecule has 0 radical (unpaired) electrons.